The van der Waals surface area contributed by atoms with E-state index in [1.165, 1.54) is 7.05 Å². The number of nitrogens with two attached hydrogens (primary N) is 5. The van der Waals surface area contributed by atoms with Crippen molar-refractivity contribution in [2.75, 3.05) is 39.8 Å². The number of carbonyl (C=O) groups is 11. The zero-order valence-electron chi connectivity index (χ0n) is 55.2. The first-order valence-corrected chi connectivity index (χ1v) is 32.5. The lowest BCUT2D eigenvalue weighted by Crippen LogP contribution is -2.61. The largest absolute Gasteiger partial charge is 0.481 e. The third kappa shape index (κ3) is 27.0. The second-order valence-corrected chi connectivity index (χ2v) is 25.2. The van der Waals surface area contributed by atoms with E-state index in [-0.39, 0.29) is 107 Å². The Hall–Kier alpha value is -8.11. The van der Waals surface area contributed by atoms with Gasteiger partial charge in [0.2, 0.25) is 59.1 Å². The fraction of sp³-hybridized carbons (Fsp3) is 0.698. The molecule has 2 aliphatic rings. The Morgan fingerprint density at radius 3 is 1.74 bits per heavy atom. The number of nitrogens with zero attached hydrogens (tertiary/aromatic N) is 5. The maximum Gasteiger partial charge on any atom is 0.305 e. The molecule has 1 aromatic rings. The lowest BCUT2D eigenvalue weighted by molar-refractivity contribution is -0.149. The quantitative estimate of drug-likeness (QED) is 0.0229. The van der Waals surface area contributed by atoms with Crippen LogP contribution in [0.4, 0.5) is 0 Å². The van der Waals surface area contributed by atoms with Crippen LogP contribution in [0.15, 0.2) is 40.3 Å². The summed E-state index contributed by atoms with van der Waals surface area (Å²) in [5.41, 5.74) is 28.5. The van der Waals surface area contributed by atoms with Crippen molar-refractivity contribution in [3.8, 4) is 0 Å². The second-order valence-electron chi connectivity index (χ2n) is 25.2. The molecular formula is C63H106N16O13. The van der Waals surface area contributed by atoms with Gasteiger partial charge in [0.25, 0.3) is 0 Å². The molecule has 29 heteroatoms. The van der Waals surface area contributed by atoms with E-state index in [4.69, 9.17) is 28.7 Å². The van der Waals surface area contributed by atoms with Gasteiger partial charge in [-0.2, -0.15) is 0 Å². The number of primary amides is 1. The van der Waals surface area contributed by atoms with Gasteiger partial charge >= 0.3 is 5.97 Å². The van der Waals surface area contributed by atoms with Crippen LogP contribution in [0.1, 0.15) is 163 Å². The van der Waals surface area contributed by atoms with Gasteiger partial charge in [-0.05, 0) is 81.1 Å². The molecule has 11 atom stereocenters. The Balaban J connectivity index is 1.94. The number of aliphatic carboxylic acids is 1. The molecule has 3 rings (SSSR count). The molecule has 2 aliphatic heterocycles. The molecule has 0 aromatic heterocycles. The Kier molecular flexibility index (Phi) is 34.0. The van der Waals surface area contributed by atoms with E-state index in [1.807, 2.05) is 0 Å². The topological polar surface area (TPSA) is 465 Å². The van der Waals surface area contributed by atoms with Gasteiger partial charge < -0.3 is 85.5 Å². The van der Waals surface area contributed by atoms with Gasteiger partial charge in [-0.3, -0.25) is 62.7 Å². The smallest absolute Gasteiger partial charge is 0.305 e. The number of aliphatic hydroxyl groups is 1. The summed E-state index contributed by atoms with van der Waals surface area (Å²) in [7, 11) is 1.29. The summed E-state index contributed by atoms with van der Waals surface area (Å²) in [6.45, 7) is 13.1. The van der Waals surface area contributed by atoms with Gasteiger partial charge in [-0.25, -0.2) is 0 Å². The van der Waals surface area contributed by atoms with Gasteiger partial charge in [0.05, 0.1) is 18.4 Å². The van der Waals surface area contributed by atoms with Crippen LogP contribution in [0.2, 0.25) is 0 Å². The molecule has 0 radical (unpaired) electrons. The van der Waals surface area contributed by atoms with Crippen molar-refractivity contribution in [3.05, 3.63) is 35.9 Å². The number of β-amino-alcohol motifs (C(OH)–C–C–N with tert-alkyl or cyclic N) is 1. The van der Waals surface area contributed by atoms with Crippen LogP contribution in [-0.2, 0) is 59.2 Å². The molecule has 516 valence electrons. The molecule has 0 unspecified atom stereocenters. The SMILES string of the molecule is CCCCCCCC(=O)N1CCC[C@H](C(=O)N[C@@H](Cc2ccccc2)C(=O)N[C@H](CCCN=C(N)N)C(=O)N[C@@H](CC(C)C)C(=O)N2C[C@H](O)C[C@H]2C(=O)N(C)[C@@H](CC(C)C)C(=O)N[C@@H](CC(=O)O)C(=O)N[C@@H](CCCN=C(N)N)C(=O)N[C@H](C(N)=O)[C@@H](C)CC)C1. The number of unbranched alkanes of at least 4 members (excludes halogenated alkanes) is 4. The van der Waals surface area contributed by atoms with Crippen LogP contribution in [-0.4, -0.2) is 196 Å². The Morgan fingerprint density at radius 1 is 0.652 bits per heavy atom. The van der Waals surface area contributed by atoms with E-state index in [1.54, 1.807) is 76.8 Å². The van der Waals surface area contributed by atoms with Gasteiger partial charge in [0.15, 0.2) is 11.9 Å². The first-order chi connectivity index (χ1) is 43.5. The maximum absolute atomic E-state index is 15.0. The number of rotatable bonds is 40. The first-order valence-electron chi connectivity index (χ1n) is 32.5. The fourth-order valence-electron chi connectivity index (χ4n) is 11.3. The molecule has 0 spiro atoms. The Morgan fingerprint density at radius 2 is 1.20 bits per heavy atom. The first kappa shape index (κ1) is 78.1. The van der Waals surface area contributed by atoms with Crippen molar-refractivity contribution in [2.45, 2.75) is 218 Å². The number of carbonyl (C=O) groups excluding carboxylic acids is 10. The number of hydrogen-bond donors (Lipinski definition) is 13. The van der Waals surface area contributed by atoms with Crippen molar-refractivity contribution in [1.29, 1.82) is 0 Å². The van der Waals surface area contributed by atoms with Crippen molar-refractivity contribution < 1.29 is 63.0 Å². The minimum absolute atomic E-state index is 0.0167. The molecule has 92 heavy (non-hydrogen) atoms. The molecule has 29 nitrogen and oxygen atoms in total. The zero-order chi connectivity index (χ0) is 68.8. The van der Waals surface area contributed by atoms with Crippen LogP contribution < -0.4 is 60.6 Å². The summed E-state index contributed by atoms with van der Waals surface area (Å²) in [6.07, 6.45) is 4.48. The van der Waals surface area contributed by atoms with Crippen molar-refractivity contribution in [1.82, 2.24) is 46.6 Å². The molecule has 0 saturated carbocycles. The van der Waals surface area contributed by atoms with Gasteiger partial charge in [0, 0.05) is 59.0 Å². The highest BCUT2D eigenvalue weighted by molar-refractivity contribution is 5.99. The van der Waals surface area contributed by atoms with E-state index in [0.29, 0.717) is 37.8 Å². The molecule has 1 aromatic carbocycles. The van der Waals surface area contributed by atoms with Crippen LogP contribution in [0.3, 0.4) is 0 Å². The van der Waals surface area contributed by atoms with E-state index >= 15 is 0 Å². The normalized spacial score (nSPS) is 18.1. The van der Waals surface area contributed by atoms with E-state index in [9.17, 15) is 63.0 Å². The molecule has 18 N–H and O–H groups in total. The van der Waals surface area contributed by atoms with E-state index in [2.05, 4.69) is 48.8 Å². The van der Waals surface area contributed by atoms with Crippen molar-refractivity contribution in [3.63, 3.8) is 0 Å². The minimum atomic E-state index is -1.83. The Labute approximate surface area is 541 Å². The average Bonchev–Trinajstić information content (AvgIpc) is 1.60. The van der Waals surface area contributed by atoms with Gasteiger partial charge in [-0.1, -0.05) is 111 Å². The summed E-state index contributed by atoms with van der Waals surface area (Å²) < 4.78 is 0. The van der Waals surface area contributed by atoms with Crippen LogP contribution in [0, 0.1) is 23.7 Å². The minimum Gasteiger partial charge on any atom is -0.481 e. The van der Waals surface area contributed by atoms with Gasteiger partial charge in [0.1, 0.15) is 48.3 Å². The fourth-order valence-corrected chi connectivity index (χ4v) is 11.3. The number of likely N-dealkylation sites (tertiary alicyclic amines) is 2. The summed E-state index contributed by atoms with van der Waals surface area (Å²) in [4.78, 5) is 165. The molecule has 2 heterocycles. The standard InChI is InChI=1S/C63H106N16O13/c1-9-11-12-13-17-26-50(81)78-29-20-23-41(35-78)54(85)73-45(32-40-21-15-14-16-22-40)57(88)71-43(24-18-27-69-62(65)66)55(86)75-47(30-37(3)4)60(91)79-36-42(80)33-49(79)61(92)77(8)48(31-38(5)6)59(90)74-46(34-51(82)83)58(89)72-44(25-19-28-70-63(67)68)56(87)76-52(53(64)84)39(7)10-2/h14-16,21-22,37-39,41-49,52,80H,9-13,17-20,23-36H2,1-8H3,(H2,64,84)(H,71,88)(H,72,89)(H,73,85)(H,74,90)(H,75,86)(H,76,87)(H,82,83)(H4,65,66,69)(H4,67,68,70)/t39-,41-,42+,43+,44-,45-,46-,47-,48-,49-,52-/m0/s1. The predicted molar refractivity (Wildman–Crippen MR) is 347 cm³/mol. The number of amides is 10. The lowest BCUT2D eigenvalue weighted by atomic mass is 9.95. The monoisotopic (exact) mass is 1290 g/mol. The lowest BCUT2D eigenvalue weighted by Gasteiger charge is -2.35. The molecule has 0 bridgehead atoms. The number of aliphatic imine (C=N–C) groups is 2. The van der Waals surface area contributed by atoms with Crippen LogP contribution in [0.25, 0.3) is 0 Å². The summed E-state index contributed by atoms with van der Waals surface area (Å²) in [5, 5.41) is 37.2. The third-order valence-corrected chi connectivity index (χ3v) is 16.5. The number of guanidine groups is 2. The molecule has 2 saturated heterocycles. The summed E-state index contributed by atoms with van der Waals surface area (Å²) in [6, 6.07) is -2.11. The number of aliphatic hydroxyl groups excluding tert-OH is 1. The molecular weight excluding hydrogens is 1190 g/mol. The summed E-state index contributed by atoms with van der Waals surface area (Å²) in [5.74, 6) is -10.8. The highest BCUT2D eigenvalue weighted by Gasteiger charge is 2.45. The average molecular weight is 1300 g/mol. The predicted octanol–water partition coefficient (Wildman–Crippen LogP) is -0.269. The molecule has 10 amide bonds. The van der Waals surface area contributed by atoms with Crippen molar-refractivity contribution >= 4 is 77.0 Å². The van der Waals surface area contributed by atoms with E-state index < -0.39 is 132 Å². The van der Waals surface area contributed by atoms with Crippen LogP contribution in [0.5, 0.6) is 0 Å². The number of carboxylic acids is 1. The summed E-state index contributed by atoms with van der Waals surface area (Å²) >= 11 is 0. The number of carboxylic acid groups (broad SMARTS) is 1. The van der Waals surface area contributed by atoms with Crippen LogP contribution >= 0.6 is 0 Å². The second kappa shape index (κ2) is 40.0. The van der Waals surface area contributed by atoms with Crippen molar-refractivity contribution in [2.24, 2.45) is 62.3 Å². The number of hydrogen-bond acceptors (Lipinski definition) is 14. The number of likely N-dealkylation sites (N-methyl/N-ethyl adjacent to an activating group) is 1. The van der Waals surface area contributed by atoms with Gasteiger partial charge in [-0.15, -0.1) is 0 Å². The number of benzene rings is 1. The molecule has 2 fully saturated rings. The zero-order valence-corrected chi connectivity index (χ0v) is 55.2. The number of nitrogens with one attached hydrogen (secondary N) is 6. The molecule has 0 aliphatic carbocycles. The maximum atomic E-state index is 15.0. The Bertz CT molecular complexity index is 2670. The van der Waals surface area contributed by atoms with E-state index in [0.717, 1.165) is 41.9 Å². The number of piperidine rings is 1. The highest BCUT2D eigenvalue weighted by atomic mass is 16.4. The third-order valence-electron chi connectivity index (χ3n) is 16.5. The highest BCUT2D eigenvalue weighted by Crippen LogP contribution is 2.26.